The van der Waals surface area contributed by atoms with Crippen LogP contribution in [0.1, 0.15) is 20.7 Å². The topological polar surface area (TPSA) is 118 Å². The van der Waals surface area contributed by atoms with E-state index in [1.54, 1.807) is 0 Å². The molecule has 0 saturated heterocycles. The monoisotopic (exact) mass is 299 g/mol. The van der Waals surface area contributed by atoms with Gasteiger partial charge in [-0.15, -0.1) is 0 Å². The van der Waals surface area contributed by atoms with Crippen molar-refractivity contribution in [3.8, 4) is 11.1 Å². The fraction of sp³-hybridized carbons (Fsp3) is 0.0667. The van der Waals surface area contributed by atoms with E-state index < -0.39 is 22.3 Å². The van der Waals surface area contributed by atoms with Crippen molar-refractivity contribution in [1.29, 1.82) is 0 Å². The van der Waals surface area contributed by atoms with Crippen molar-refractivity contribution in [2.45, 2.75) is 5.79 Å². The molecule has 2 N–H and O–H groups in total. The second-order valence-electron chi connectivity index (χ2n) is 4.89. The SMILES string of the molecule is O=C1c2ccc(-c3ccc([N+](=O)[O-])cc3)cc2C(=O)C1(O)O. The van der Waals surface area contributed by atoms with Gasteiger partial charge in [0.05, 0.1) is 4.92 Å². The van der Waals surface area contributed by atoms with Crippen LogP contribution >= 0.6 is 0 Å². The molecule has 110 valence electrons. The first-order valence-electron chi connectivity index (χ1n) is 6.25. The summed E-state index contributed by atoms with van der Waals surface area (Å²) in [5, 5.41) is 29.6. The van der Waals surface area contributed by atoms with Gasteiger partial charge in [0.1, 0.15) is 0 Å². The minimum absolute atomic E-state index is 0.0549. The summed E-state index contributed by atoms with van der Waals surface area (Å²) in [6, 6.07) is 9.88. The molecule has 0 aromatic heterocycles. The Morgan fingerprint density at radius 3 is 2.00 bits per heavy atom. The van der Waals surface area contributed by atoms with Crippen LogP contribution in [-0.2, 0) is 0 Å². The van der Waals surface area contributed by atoms with Crippen molar-refractivity contribution in [1.82, 2.24) is 0 Å². The molecule has 0 heterocycles. The van der Waals surface area contributed by atoms with E-state index >= 15 is 0 Å². The molecule has 1 aliphatic rings. The highest BCUT2D eigenvalue weighted by molar-refractivity contribution is 6.30. The summed E-state index contributed by atoms with van der Waals surface area (Å²) in [6.45, 7) is 0. The highest BCUT2D eigenvalue weighted by atomic mass is 16.6. The van der Waals surface area contributed by atoms with E-state index in [0.717, 1.165) is 0 Å². The van der Waals surface area contributed by atoms with Gasteiger partial charge in [-0.25, -0.2) is 0 Å². The van der Waals surface area contributed by atoms with E-state index in [0.29, 0.717) is 11.1 Å². The number of benzene rings is 2. The van der Waals surface area contributed by atoms with Crippen LogP contribution in [0.4, 0.5) is 5.69 Å². The quantitative estimate of drug-likeness (QED) is 0.374. The molecule has 2 aromatic rings. The van der Waals surface area contributed by atoms with Crippen LogP contribution in [0.25, 0.3) is 11.1 Å². The lowest BCUT2D eigenvalue weighted by atomic mass is 10.00. The number of aliphatic hydroxyl groups is 2. The highest BCUT2D eigenvalue weighted by Crippen LogP contribution is 2.32. The van der Waals surface area contributed by atoms with Crippen LogP contribution in [0.15, 0.2) is 42.5 Å². The number of nitro benzene ring substituents is 1. The average molecular weight is 299 g/mol. The zero-order valence-corrected chi connectivity index (χ0v) is 11.0. The number of non-ortho nitro benzene ring substituents is 1. The van der Waals surface area contributed by atoms with Gasteiger partial charge >= 0.3 is 0 Å². The third-order valence-corrected chi connectivity index (χ3v) is 3.55. The van der Waals surface area contributed by atoms with Crippen molar-refractivity contribution >= 4 is 17.3 Å². The summed E-state index contributed by atoms with van der Waals surface area (Å²) in [7, 11) is 0. The number of fused-ring (bicyclic) bond motifs is 1. The Balaban J connectivity index is 2.06. The minimum Gasteiger partial charge on any atom is -0.353 e. The molecule has 0 bridgehead atoms. The molecule has 22 heavy (non-hydrogen) atoms. The van der Waals surface area contributed by atoms with E-state index in [9.17, 15) is 29.9 Å². The number of Topliss-reactive ketones (excluding diaryl/α,β-unsaturated/α-hetero) is 2. The van der Waals surface area contributed by atoms with E-state index in [2.05, 4.69) is 0 Å². The van der Waals surface area contributed by atoms with E-state index in [-0.39, 0.29) is 16.8 Å². The van der Waals surface area contributed by atoms with Gasteiger partial charge in [0.15, 0.2) is 0 Å². The predicted octanol–water partition coefficient (Wildman–Crippen LogP) is 1.32. The van der Waals surface area contributed by atoms with Crippen LogP contribution in [-0.4, -0.2) is 32.5 Å². The van der Waals surface area contributed by atoms with E-state index in [4.69, 9.17) is 0 Å². The lowest BCUT2D eigenvalue weighted by molar-refractivity contribution is -0.384. The Labute approximate surface area is 123 Å². The van der Waals surface area contributed by atoms with Gasteiger partial charge in [0.25, 0.3) is 11.5 Å². The molecular formula is C15H9NO6. The maximum atomic E-state index is 11.8. The summed E-state index contributed by atoms with van der Waals surface area (Å²) < 4.78 is 0. The van der Waals surface area contributed by atoms with Gasteiger partial charge in [-0.05, 0) is 35.4 Å². The average Bonchev–Trinajstić information content (AvgIpc) is 2.68. The number of nitrogens with zero attached hydrogens (tertiary/aromatic N) is 1. The first kappa shape index (κ1) is 14.1. The third kappa shape index (κ3) is 1.92. The predicted molar refractivity (Wildman–Crippen MR) is 74.4 cm³/mol. The van der Waals surface area contributed by atoms with Crippen LogP contribution in [0.3, 0.4) is 0 Å². The Morgan fingerprint density at radius 2 is 1.41 bits per heavy atom. The highest BCUT2D eigenvalue weighted by Gasteiger charge is 2.50. The minimum atomic E-state index is -3.02. The Morgan fingerprint density at radius 1 is 0.864 bits per heavy atom. The number of rotatable bonds is 2. The summed E-state index contributed by atoms with van der Waals surface area (Å²) in [5.74, 6) is -5.14. The first-order valence-corrected chi connectivity index (χ1v) is 6.25. The Hall–Kier alpha value is -2.90. The summed E-state index contributed by atoms with van der Waals surface area (Å²) in [4.78, 5) is 33.6. The maximum Gasteiger partial charge on any atom is 0.295 e. The normalized spacial score (nSPS) is 15.7. The van der Waals surface area contributed by atoms with Crippen molar-refractivity contribution < 1.29 is 24.7 Å². The van der Waals surface area contributed by atoms with Crippen molar-refractivity contribution in [2.24, 2.45) is 0 Å². The Bertz CT molecular complexity index is 822. The summed E-state index contributed by atoms with van der Waals surface area (Å²) in [5.41, 5.74) is 0.932. The molecule has 7 heteroatoms. The van der Waals surface area contributed by atoms with Gasteiger partial charge in [0.2, 0.25) is 11.6 Å². The number of ketones is 2. The number of hydrogen-bond donors (Lipinski definition) is 2. The second-order valence-corrected chi connectivity index (χ2v) is 4.89. The molecule has 0 radical (unpaired) electrons. The van der Waals surface area contributed by atoms with Crippen LogP contribution in [0.2, 0.25) is 0 Å². The molecule has 0 saturated carbocycles. The third-order valence-electron chi connectivity index (χ3n) is 3.55. The number of nitro groups is 1. The number of carbonyl (C=O) groups excluding carboxylic acids is 2. The molecule has 7 nitrogen and oxygen atoms in total. The van der Waals surface area contributed by atoms with E-state index in [1.807, 2.05) is 0 Å². The smallest absolute Gasteiger partial charge is 0.295 e. The van der Waals surface area contributed by atoms with Gasteiger partial charge in [-0.1, -0.05) is 6.07 Å². The fourth-order valence-corrected chi connectivity index (χ4v) is 2.36. The van der Waals surface area contributed by atoms with Gasteiger partial charge in [0, 0.05) is 23.3 Å². The lowest BCUT2D eigenvalue weighted by Gasteiger charge is -2.08. The molecular weight excluding hydrogens is 290 g/mol. The zero-order chi connectivity index (χ0) is 16.1. The van der Waals surface area contributed by atoms with E-state index in [1.165, 1.54) is 42.5 Å². The molecule has 0 atom stereocenters. The van der Waals surface area contributed by atoms with Crippen LogP contribution in [0.5, 0.6) is 0 Å². The van der Waals surface area contributed by atoms with Crippen LogP contribution in [0, 0.1) is 10.1 Å². The largest absolute Gasteiger partial charge is 0.353 e. The van der Waals surface area contributed by atoms with Crippen molar-refractivity contribution in [3.05, 3.63) is 63.7 Å². The second kappa shape index (κ2) is 4.55. The van der Waals surface area contributed by atoms with Gasteiger partial charge < -0.3 is 10.2 Å². The first-order chi connectivity index (χ1) is 10.3. The molecule has 0 aliphatic heterocycles. The van der Waals surface area contributed by atoms with Crippen molar-refractivity contribution in [2.75, 3.05) is 0 Å². The van der Waals surface area contributed by atoms with Gasteiger partial charge in [-0.2, -0.15) is 0 Å². The molecule has 1 aliphatic carbocycles. The maximum absolute atomic E-state index is 11.8. The van der Waals surface area contributed by atoms with Crippen LogP contribution < -0.4 is 0 Å². The molecule has 2 aromatic carbocycles. The number of carbonyl (C=O) groups is 2. The zero-order valence-electron chi connectivity index (χ0n) is 11.0. The number of hydrogen-bond acceptors (Lipinski definition) is 6. The molecule has 0 unspecified atom stereocenters. The van der Waals surface area contributed by atoms with Crippen molar-refractivity contribution in [3.63, 3.8) is 0 Å². The Kier molecular flexibility index (Phi) is 2.91. The fourth-order valence-electron chi connectivity index (χ4n) is 2.36. The summed E-state index contributed by atoms with van der Waals surface area (Å²) in [6.07, 6.45) is 0. The standard InChI is InChI=1S/C15H9NO6/c17-13-11-6-3-9(7-12(11)14(18)15(13,19)20)8-1-4-10(5-2-8)16(21)22/h1-7,19-20H. The molecule has 0 fully saturated rings. The van der Waals surface area contributed by atoms with Gasteiger partial charge in [-0.3, -0.25) is 19.7 Å². The lowest BCUT2D eigenvalue weighted by Crippen LogP contribution is -2.40. The molecule has 3 rings (SSSR count). The molecule has 0 amide bonds. The summed E-state index contributed by atoms with van der Waals surface area (Å²) >= 11 is 0. The molecule has 0 spiro atoms.